The third-order valence-electron chi connectivity index (χ3n) is 2.35. The van der Waals surface area contributed by atoms with Crippen LogP contribution in [0.2, 0.25) is 5.35 Å². The van der Waals surface area contributed by atoms with Crippen LogP contribution in [0.5, 0.6) is 0 Å². The van der Waals surface area contributed by atoms with Crippen molar-refractivity contribution in [1.29, 1.82) is 0 Å². The Morgan fingerprint density at radius 1 is 1.54 bits per heavy atom. The average Bonchev–Trinajstić information content (AvgIpc) is 2.71. The molecule has 2 unspecified atom stereocenters. The van der Waals surface area contributed by atoms with E-state index in [1.54, 1.807) is 0 Å². The van der Waals surface area contributed by atoms with E-state index in [0.717, 1.165) is 19.4 Å². The summed E-state index contributed by atoms with van der Waals surface area (Å²) < 4.78 is 10.7. The van der Waals surface area contributed by atoms with Gasteiger partial charge in [0.1, 0.15) is 0 Å². The lowest BCUT2D eigenvalue weighted by Gasteiger charge is -2.11. The summed E-state index contributed by atoms with van der Waals surface area (Å²) in [5.74, 6) is 0.833. The molecule has 0 N–H and O–H groups in total. The molecule has 1 aromatic heterocycles. The van der Waals surface area contributed by atoms with Crippen molar-refractivity contribution in [2.75, 3.05) is 6.61 Å². The van der Waals surface area contributed by atoms with Crippen molar-refractivity contribution in [1.82, 2.24) is 10.2 Å². The molecule has 1 aromatic rings. The fourth-order valence-electron chi connectivity index (χ4n) is 1.70. The highest BCUT2D eigenvalue weighted by molar-refractivity contribution is 6.27. The van der Waals surface area contributed by atoms with E-state index in [2.05, 4.69) is 17.1 Å². The van der Waals surface area contributed by atoms with Crippen molar-refractivity contribution in [3.8, 4) is 0 Å². The minimum atomic E-state index is 0.108. The predicted octanol–water partition coefficient (Wildman–Crippen LogP) is 2.01. The molecule has 0 amide bonds. The molecule has 1 fully saturated rings. The van der Waals surface area contributed by atoms with Crippen molar-refractivity contribution in [2.24, 2.45) is 0 Å². The van der Waals surface area contributed by atoms with Crippen LogP contribution in [0.25, 0.3) is 0 Å². The van der Waals surface area contributed by atoms with Crippen LogP contribution in [-0.2, 0) is 4.74 Å². The molecule has 0 aliphatic carbocycles. The molecule has 0 radical (unpaired) electrons. The van der Waals surface area contributed by atoms with Gasteiger partial charge in [0.25, 0.3) is 0 Å². The van der Waals surface area contributed by atoms with Crippen LogP contribution in [0.1, 0.15) is 31.6 Å². The SMILES string of the molecule is CCC1OCCC1c1nnc(Cl)o1. The van der Waals surface area contributed by atoms with Crippen LogP contribution >= 0.6 is 11.6 Å². The van der Waals surface area contributed by atoms with E-state index in [1.807, 2.05) is 0 Å². The Hall–Kier alpha value is -0.610. The number of hydrogen-bond acceptors (Lipinski definition) is 4. The van der Waals surface area contributed by atoms with E-state index in [9.17, 15) is 0 Å². The second-order valence-electron chi connectivity index (χ2n) is 3.11. The van der Waals surface area contributed by atoms with Crippen LogP contribution in [0.4, 0.5) is 0 Å². The predicted molar refractivity (Wildman–Crippen MR) is 46.7 cm³/mol. The van der Waals surface area contributed by atoms with Gasteiger partial charge < -0.3 is 9.15 Å². The highest BCUT2D eigenvalue weighted by Crippen LogP contribution is 2.32. The zero-order valence-electron chi connectivity index (χ0n) is 7.36. The maximum atomic E-state index is 5.55. The molecule has 5 heteroatoms. The molecule has 2 rings (SSSR count). The molecule has 1 aliphatic rings. The minimum Gasteiger partial charge on any atom is -0.412 e. The first-order valence-corrected chi connectivity index (χ1v) is 4.79. The maximum absolute atomic E-state index is 5.55. The standard InChI is InChI=1S/C8H11ClN2O2/c1-2-6-5(3-4-12-6)7-10-11-8(9)13-7/h5-6H,2-4H2,1H3. The summed E-state index contributed by atoms with van der Waals surface area (Å²) in [5.41, 5.74) is 0. The monoisotopic (exact) mass is 202 g/mol. The Morgan fingerprint density at radius 2 is 2.38 bits per heavy atom. The molecule has 13 heavy (non-hydrogen) atoms. The Labute approximate surface area is 81.2 Å². The lowest BCUT2D eigenvalue weighted by Crippen LogP contribution is -2.13. The first-order valence-electron chi connectivity index (χ1n) is 4.41. The molecule has 4 nitrogen and oxygen atoms in total. The van der Waals surface area contributed by atoms with Crippen molar-refractivity contribution >= 4 is 11.6 Å². The highest BCUT2D eigenvalue weighted by Gasteiger charge is 2.32. The molecule has 0 spiro atoms. The van der Waals surface area contributed by atoms with Gasteiger partial charge in [-0.05, 0) is 24.4 Å². The van der Waals surface area contributed by atoms with Crippen molar-refractivity contribution < 1.29 is 9.15 Å². The summed E-state index contributed by atoms with van der Waals surface area (Å²) in [6.07, 6.45) is 2.11. The summed E-state index contributed by atoms with van der Waals surface area (Å²) in [7, 11) is 0. The number of nitrogens with zero attached hydrogens (tertiary/aromatic N) is 2. The van der Waals surface area contributed by atoms with Gasteiger partial charge in [0.2, 0.25) is 5.89 Å². The van der Waals surface area contributed by atoms with Gasteiger partial charge in [-0.2, -0.15) is 0 Å². The van der Waals surface area contributed by atoms with Crippen molar-refractivity contribution in [3.63, 3.8) is 0 Å². The van der Waals surface area contributed by atoms with Crippen LogP contribution in [-0.4, -0.2) is 22.9 Å². The van der Waals surface area contributed by atoms with Gasteiger partial charge in [0.05, 0.1) is 12.0 Å². The lowest BCUT2D eigenvalue weighted by atomic mass is 10.00. The van der Waals surface area contributed by atoms with E-state index < -0.39 is 0 Å². The van der Waals surface area contributed by atoms with Gasteiger partial charge in [0, 0.05) is 6.61 Å². The van der Waals surface area contributed by atoms with E-state index in [0.29, 0.717) is 5.89 Å². The molecule has 0 saturated carbocycles. The number of rotatable bonds is 2. The fraction of sp³-hybridized carbons (Fsp3) is 0.750. The molecule has 1 saturated heterocycles. The Bertz CT molecular complexity index is 289. The minimum absolute atomic E-state index is 0.108. The van der Waals surface area contributed by atoms with Gasteiger partial charge in [-0.1, -0.05) is 12.0 Å². The quantitative estimate of drug-likeness (QED) is 0.736. The van der Waals surface area contributed by atoms with Crippen LogP contribution in [0, 0.1) is 0 Å². The van der Waals surface area contributed by atoms with Crippen molar-refractivity contribution in [2.45, 2.75) is 31.8 Å². The fourth-order valence-corrected chi connectivity index (χ4v) is 1.82. The summed E-state index contributed by atoms with van der Waals surface area (Å²) in [5, 5.41) is 7.60. The van der Waals surface area contributed by atoms with E-state index in [1.165, 1.54) is 0 Å². The smallest absolute Gasteiger partial charge is 0.312 e. The molecule has 1 aliphatic heterocycles. The van der Waals surface area contributed by atoms with Crippen LogP contribution in [0.15, 0.2) is 4.42 Å². The Morgan fingerprint density at radius 3 is 3.00 bits per heavy atom. The number of aromatic nitrogens is 2. The number of halogens is 1. The van der Waals surface area contributed by atoms with E-state index in [4.69, 9.17) is 20.8 Å². The van der Waals surface area contributed by atoms with Gasteiger partial charge in [-0.3, -0.25) is 0 Å². The van der Waals surface area contributed by atoms with Gasteiger partial charge in [0.15, 0.2) is 0 Å². The number of hydrogen-bond donors (Lipinski definition) is 0. The van der Waals surface area contributed by atoms with E-state index >= 15 is 0 Å². The second kappa shape index (κ2) is 3.64. The molecule has 0 aromatic carbocycles. The van der Waals surface area contributed by atoms with Crippen LogP contribution < -0.4 is 0 Å². The molecule has 2 heterocycles. The summed E-state index contributed by atoms with van der Waals surface area (Å²) >= 11 is 5.55. The summed E-state index contributed by atoms with van der Waals surface area (Å²) in [4.78, 5) is 0. The zero-order valence-corrected chi connectivity index (χ0v) is 8.12. The zero-order chi connectivity index (χ0) is 9.26. The Kier molecular flexibility index (Phi) is 2.51. The first kappa shape index (κ1) is 8.97. The Balaban J connectivity index is 2.15. The van der Waals surface area contributed by atoms with Gasteiger partial charge in [-0.25, -0.2) is 0 Å². The largest absolute Gasteiger partial charge is 0.412 e. The highest BCUT2D eigenvalue weighted by atomic mass is 35.5. The summed E-state index contributed by atoms with van der Waals surface area (Å²) in [6.45, 7) is 2.85. The maximum Gasteiger partial charge on any atom is 0.312 e. The van der Waals surface area contributed by atoms with E-state index in [-0.39, 0.29) is 17.4 Å². The average molecular weight is 203 g/mol. The summed E-state index contributed by atoms with van der Waals surface area (Å²) in [6, 6.07) is 0. The van der Waals surface area contributed by atoms with Gasteiger partial charge in [-0.15, -0.1) is 5.10 Å². The van der Waals surface area contributed by atoms with Crippen molar-refractivity contribution in [3.05, 3.63) is 11.2 Å². The molecule has 72 valence electrons. The molecular formula is C8H11ClN2O2. The molecule has 2 atom stereocenters. The third kappa shape index (κ3) is 1.69. The number of ether oxygens (including phenoxy) is 1. The second-order valence-corrected chi connectivity index (χ2v) is 3.43. The third-order valence-corrected chi connectivity index (χ3v) is 2.50. The van der Waals surface area contributed by atoms with Crippen LogP contribution in [0.3, 0.4) is 0 Å². The normalized spacial score (nSPS) is 28.2. The topological polar surface area (TPSA) is 48.2 Å². The van der Waals surface area contributed by atoms with Gasteiger partial charge >= 0.3 is 5.35 Å². The molecular weight excluding hydrogens is 192 g/mol. The first-order chi connectivity index (χ1) is 6.31. The molecule has 0 bridgehead atoms. The lowest BCUT2D eigenvalue weighted by molar-refractivity contribution is 0.0965.